The number of rotatable bonds is 8. The van der Waals surface area contributed by atoms with Crippen molar-refractivity contribution in [3.8, 4) is 18.4 Å². The van der Waals surface area contributed by atoms with E-state index in [0.717, 1.165) is 29.6 Å². The molecule has 0 bridgehead atoms. The Balaban J connectivity index is 3.62. The molecule has 4 heteroatoms. The average molecular weight is 371 g/mol. The van der Waals surface area contributed by atoms with E-state index in [4.69, 9.17) is 14.3 Å². The van der Waals surface area contributed by atoms with E-state index in [9.17, 15) is 5.26 Å². The highest BCUT2D eigenvalue weighted by atomic mass is 15.2. The van der Waals surface area contributed by atoms with Crippen LogP contribution in [0.5, 0.6) is 0 Å². The van der Waals surface area contributed by atoms with Gasteiger partial charge in [-0.3, -0.25) is 0 Å². The van der Waals surface area contributed by atoms with Gasteiger partial charge in [-0.2, -0.15) is 5.26 Å². The van der Waals surface area contributed by atoms with Crippen LogP contribution in [0.15, 0.2) is 47.0 Å². The van der Waals surface area contributed by atoms with Gasteiger partial charge in [0.2, 0.25) is 0 Å². The molecule has 144 valence electrons. The smallest absolute Gasteiger partial charge is 0.198 e. The maximum absolute atomic E-state index is 9.33. The van der Waals surface area contributed by atoms with Crippen molar-refractivity contribution in [2.24, 2.45) is 4.99 Å². The minimum absolute atomic E-state index is 0.0864. The number of benzene rings is 1. The molecule has 1 aromatic carbocycles. The third-order valence-corrected chi connectivity index (χ3v) is 4.80. The molecule has 0 aliphatic carbocycles. The molecule has 0 amide bonds. The molecule has 0 fully saturated rings. The number of hydrogen-bond acceptors (Lipinski definition) is 2. The minimum atomic E-state index is -0.884. The van der Waals surface area contributed by atoms with Crippen LogP contribution in [0.4, 0.5) is 0 Å². The van der Waals surface area contributed by atoms with Crippen molar-refractivity contribution in [2.75, 3.05) is 6.44 Å². The highest BCUT2D eigenvalue weighted by Crippen LogP contribution is 2.30. The summed E-state index contributed by atoms with van der Waals surface area (Å²) in [5.74, 6) is 2.99. The number of aliphatic imine (C=N–C) groups is 1. The predicted octanol–water partition coefficient (Wildman–Crippen LogP) is 4.75. The second-order valence-electron chi connectivity index (χ2n) is 6.94. The lowest BCUT2D eigenvalue weighted by Crippen LogP contribution is -2.39. The van der Waals surface area contributed by atoms with E-state index >= 15 is 0 Å². The summed E-state index contributed by atoms with van der Waals surface area (Å²) < 4.78 is 0. The molecule has 0 aliphatic rings. The fourth-order valence-corrected chi connectivity index (χ4v) is 2.97. The van der Waals surface area contributed by atoms with Gasteiger partial charge in [-0.25, -0.2) is 4.99 Å². The number of aryl methyl sites for hydroxylation is 1. The maximum Gasteiger partial charge on any atom is 0.198 e. The zero-order valence-corrected chi connectivity index (χ0v) is 17.8. The van der Waals surface area contributed by atoms with Crippen molar-refractivity contribution in [3.63, 3.8) is 0 Å². The van der Waals surface area contributed by atoms with Crippen LogP contribution >= 0.6 is 0 Å². The molecule has 2 radical (unpaired) electrons. The number of terminal acetylenes is 1. The van der Waals surface area contributed by atoms with Crippen molar-refractivity contribution in [1.29, 1.82) is 5.26 Å². The Kier molecular flexibility index (Phi) is 9.33. The maximum atomic E-state index is 9.33. The van der Waals surface area contributed by atoms with E-state index in [2.05, 4.69) is 62.5 Å². The van der Waals surface area contributed by atoms with Crippen LogP contribution in [-0.4, -0.2) is 37.1 Å². The van der Waals surface area contributed by atoms with Gasteiger partial charge in [0.25, 0.3) is 0 Å². The zero-order valence-electron chi connectivity index (χ0n) is 17.8. The number of nitrogens with zero attached hydrogens (tertiary/aromatic N) is 3. The summed E-state index contributed by atoms with van der Waals surface area (Å²) in [7, 11) is 6.01. The van der Waals surface area contributed by atoms with Gasteiger partial charge in [0, 0.05) is 11.6 Å². The molecular formula is C24H30BN3. The zero-order chi connectivity index (χ0) is 21.3. The first-order chi connectivity index (χ1) is 13.3. The Morgan fingerprint density at radius 2 is 1.89 bits per heavy atom. The topological polar surface area (TPSA) is 39.4 Å². The Morgan fingerprint density at radius 3 is 2.29 bits per heavy atom. The lowest BCUT2D eigenvalue weighted by Gasteiger charge is -2.32. The molecule has 1 unspecified atom stereocenters. The normalized spacial score (nSPS) is 13.4. The fourth-order valence-electron chi connectivity index (χ4n) is 2.97. The standard InChI is InChI=1S/C24H30BN3/c1-8-18(6)23(21-13-11-20(9-2)12-14-21)19(7)24(27-22(10-3)15-26)28(16-25)17(4)5/h3,11-14,17,22H,7-9,16H2,1-2,4-6H3/b23-18+,27-24?. The third-order valence-electron chi connectivity index (χ3n) is 4.80. The molecule has 1 atom stereocenters. The predicted molar refractivity (Wildman–Crippen MR) is 121 cm³/mol. The molecule has 0 saturated carbocycles. The average Bonchev–Trinajstić information content (AvgIpc) is 2.71. The van der Waals surface area contributed by atoms with Gasteiger partial charge in [-0.15, -0.1) is 6.42 Å². The van der Waals surface area contributed by atoms with Gasteiger partial charge < -0.3 is 4.90 Å². The van der Waals surface area contributed by atoms with Gasteiger partial charge >= 0.3 is 0 Å². The van der Waals surface area contributed by atoms with Crippen LogP contribution < -0.4 is 0 Å². The van der Waals surface area contributed by atoms with E-state index in [1.165, 1.54) is 11.1 Å². The molecule has 0 N–H and O–H groups in total. The molecule has 0 aliphatic heterocycles. The summed E-state index contributed by atoms with van der Waals surface area (Å²) in [6.07, 6.45) is 7.60. The SMILES string of the molecule is [B]CN(C(=NC(C#C)C#N)C(=C)/C(=C(/C)CC)c1ccc(CC)cc1)C(C)C. The second-order valence-corrected chi connectivity index (χ2v) is 6.94. The van der Waals surface area contributed by atoms with E-state index in [1.54, 1.807) is 0 Å². The largest absolute Gasteiger partial charge is 0.363 e. The third kappa shape index (κ3) is 5.64. The first-order valence-corrected chi connectivity index (χ1v) is 9.73. The highest BCUT2D eigenvalue weighted by Gasteiger charge is 2.22. The molecular weight excluding hydrogens is 341 g/mol. The lowest BCUT2D eigenvalue weighted by molar-refractivity contribution is 0.399. The van der Waals surface area contributed by atoms with Crippen LogP contribution in [0.25, 0.3) is 5.57 Å². The van der Waals surface area contributed by atoms with Crippen LogP contribution in [0.1, 0.15) is 52.2 Å². The van der Waals surface area contributed by atoms with Crippen molar-refractivity contribution in [1.82, 2.24) is 4.90 Å². The summed E-state index contributed by atoms with van der Waals surface area (Å²) in [5.41, 5.74) is 5.30. The van der Waals surface area contributed by atoms with Crippen LogP contribution in [-0.2, 0) is 6.42 Å². The van der Waals surface area contributed by atoms with E-state index in [0.29, 0.717) is 5.84 Å². The Labute approximate surface area is 172 Å². The minimum Gasteiger partial charge on any atom is -0.363 e. The number of nitriles is 1. The van der Waals surface area contributed by atoms with E-state index in [1.807, 2.05) is 24.8 Å². The summed E-state index contributed by atoms with van der Waals surface area (Å²) in [6.45, 7) is 14.7. The monoisotopic (exact) mass is 371 g/mol. The summed E-state index contributed by atoms with van der Waals surface area (Å²) in [4.78, 5) is 6.46. The molecule has 0 saturated heterocycles. The summed E-state index contributed by atoms with van der Waals surface area (Å²) >= 11 is 0. The molecule has 1 rings (SSSR count). The van der Waals surface area contributed by atoms with Gasteiger partial charge in [-0.1, -0.05) is 56.2 Å². The van der Waals surface area contributed by atoms with Gasteiger partial charge in [0.05, 0.1) is 7.85 Å². The highest BCUT2D eigenvalue weighted by molar-refractivity contribution is 6.16. The first kappa shape index (κ1) is 23.3. The second kappa shape index (κ2) is 11.2. The first-order valence-electron chi connectivity index (χ1n) is 9.73. The van der Waals surface area contributed by atoms with E-state index < -0.39 is 6.04 Å². The van der Waals surface area contributed by atoms with Gasteiger partial charge in [0.1, 0.15) is 11.9 Å². The molecule has 1 aromatic rings. The van der Waals surface area contributed by atoms with Crippen molar-refractivity contribution in [2.45, 2.75) is 59.5 Å². The lowest BCUT2D eigenvalue weighted by atomic mass is 9.90. The van der Waals surface area contributed by atoms with Crippen molar-refractivity contribution >= 4 is 19.3 Å². The van der Waals surface area contributed by atoms with Crippen LogP contribution in [0, 0.1) is 23.7 Å². The quantitative estimate of drug-likeness (QED) is 0.218. The fraction of sp³-hybridized carbons (Fsp3) is 0.417. The number of hydrogen-bond donors (Lipinski definition) is 0. The Hall–Kier alpha value is -2.72. The van der Waals surface area contributed by atoms with Crippen molar-refractivity contribution < 1.29 is 0 Å². The Morgan fingerprint density at radius 1 is 1.29 bits per heavy atom. The molecule has 0 heterocycles. The molecule has 3 nitrogen and oxygen atoms in total. The summed E-state index contributed by atoms with van der Waals surface area (Å²) in [6, 6.07) is 9.73. The molecule has 28 heavy (non-hydrogen) atoms. The molecule has 0 aromatic heterocycles. The molecule has 0 spiro atoms. The summed E-state index contributed by atoms with van der Waals surface area (Å²) in [5, 5.41) is 9.33. The number of allylic oxidation sites excluding steroid dienone is 1. The van der Waals surface area contributed by atoms with Crippen LogP contribution in [0.2, 0.25) is 0 Å². The van der Waals surface area contributed by atoms with Gasteiger partial charge in [-0.05, 0) is 56.8 Å². The number of amidine groups is 1. The van der Waals surface area contributed by atoms with Crippen molar-refractivity contribution in [3.05, 3.63) is 53.1 Å². The Bertz CT molecular complexity index is 803. The van der Waals surface area contributed by atoms with Gasteiger partial charge in [0.15, 0.2) is 6.04 Å². The van der Waals surface area contributed by atoms with Crippen LogP contribution in [0.3, 0.4) is 0 Å². The van der Waals surface area contributed by atoms with E-state index in [-0.39, 0.29) is 12.5 Å².